The number of thiazole rings is 1. The molecule has 0 spiro atoms. The molecule has 1 atom stereocenters. The van der Waals surface area contributed by atoms with Crippen molar-refractivity contribution in [3.05, 3.63) is 34.7 Å². The number of aromatic nitrogens is 1. The number of hydrogen-bond acceptors (Lipinski definition) is 7. The highest BCUT2D eigenvalue weighted by Crippen LogP contribution is 2.30. The number of carbonyl (C=O) groups is 3. The molecule has 0 aliphatic carbocycles. The summed E-state index contributed by atoms with van der Waals surface area (Å²) in [5.74, 6) is -0.0217. The molecule has 0 aromatic carbocycles. The molecule has 2 aromatic rings. The van der Waals surface area contributed by atoms with E-state index in [0.29, 0.717) is 43.5 Å². The number of rotatable bonds is 4. The maximum Gasteiger partial charge on any atom is 0.410 e. The Hall–Kier alpha value is -2.88. The molecule has 0 radical (unpaired) electrons. The van der Waals surface area contributed by atoms with Crippen molar-refractivity contribution in [1.82, 2.24) is 14.8 Å². The van der Waals surface area contributed by atoms with Crippen LogP contribution < -0.4 is 5.32 Å². The fourth-order valence-corrected chi connectivity index (χ4v) is 4.66. The molecular weight excluding hydrogens is 420 g/mol. The lowest BCUT2D eigenvalue weighted by molar-refractivity contribution is -0.128. The Labute approximate surface area is 184 Å². The van der Waals surface area contributed by atoms with Crippen LogP contribution in [0.4, 0.5) is 9.93 Å². The minimum absolute atomic E-state index is 0.0667. The number of hydrogen-bond donors (Lipinski definition) is 1. The number of anilines is 1. The smallest absolute Gasteiger partial charge is 0.410 e. The first-order chi connectivity index (χ1) is 14.7. The standard InChI is InChI=1S/C21H26N4O5S/c1-21(2,3)30-20(28)24-7-6-15-16(12-24)31-19(22-15)23-18(27)13-9-17(26)25(10-13)11-14-5-4-8-29-14/h4-5,8,13H,6-7,9-12H2,1-3H3,(H,22,23,27). The molecule has 0 bridgehead atoms. The zero-order chi connectivity index (χ0) is 22.2. The van der Waals surface area contributed by atoms with Crippen molar-refractivity contribution in [3.8, 4) is 0 Å². The summed E-state index contributed by atoms with van der Waals surface area (Å²) >= 11 is 1.36. The lowest BCUT2D eigenvalue weighted by Gasteiger charge is -2.29. The summed E-state index contributed by atoms with van der Waals surface area (Å²) in [7, 11) is 0. The summed E-state index contributed by atoms with van der Waals surface area (Å²) in [6, 6.07) is 3.58. The Bertz CT molecular complexity index is 979. The van der Waals surface area contributed by atoms with Crippen LogP contribution in [-0.4, -0.2) is 51.4 Å². The van der Waals surface area contributed by atoms with Crippen LogP contribution in [0.5, 0.6) is 0 Å². The first-order valence-corrected chi connectivity index (χ1v) is 11.1. The van der Waals surface area contributed by atoms with Gasteiger partial charge in [0.05, 0.1) is 31.0 Å². The number of fused-ring (bicyclic) bond motifs is 1. The second kappa shape index (κ2) is 8.33. The summed E-state index contributed by atoms with van der Waals surface area (Å²) in [5, 5.41) is 3.35. The Morgan fingerprint density at radius 2 is 2.19 bits per heavy atom. The van der Waals surface area contributed by atoms with E-state index in [1.54, 1.807) is 28.2 Å². The van der Waals surface area contributed by atoms with Gasteiger partial charge in [0, 0.05) is 30.8 Å². The Morgan fingerprint density at radius 1 is 1.39 bits per heavy atom. The van der Waals surface area contributed by atoms with Crippen LogP contribution in [0, 0.1) is 5.92 Å². The maximum atomic E-state index is 12.7. The summed E-state index contributed by atoms with van der Waals surface area (Å²) in [4.78, 5) is 46.1. The predicted octanol–water partition coefficient (Wildman–Crippen LogP) is 3.02. The van der Waals surface area contributed by atoms with Gasteiger partial charge in [0.2, 0.25) is 11.8 Å². The van der Waals surface area contributed by atoms with Gasteiger partial charge in [0.1, 0.15) is 11.4 Å². The Kier molecular flexibility index (Phi) is 5.74. The van der Waals surface area contributed by atoms with Gasteiger partial charge in [0.25, 0.3) is 0 Å². The number of furan rings is 1. The number of nitrogens with one attached hydrogen (secondary N) is 1. The molecule has 1 N–H and O–H groups in total. The topological polar surface area (TPSA) is 105 Å². The molecular formula is C21H26N4O5S. The average Bonchev–Trinajstić information content (AvgIpc) is 3.40. The molecule has 1 fully saturated rings. The van der Waals surface area contributed by atoms with Gasteiger partial charge in [-0.1, -0.05) is 11.3 Å². The number of nitrogens with zero attached hydrogens (tertiary/aromatic N) is 3. The third-order valence-corrected chi connectivity index (χ3v) is 6.12. The van der Waals surface area contributed by atoms with E-state index in [0.717, 1.165) is 10.6 Å². The number of likely N-dealkylation sites (tertiary alicyclic amines) is 1. The molecule has 2 aliphatic rings. The molecule has 9 nitrogen and oxygen atoms in total. The summed E-state index contributed by atoms with van der Waals surface area (Å²) < 4.78 is 10.7. The second-order valence-electron chi connectivity index (χ2n) is 8.78. The van der Waals surface area contributed by atoms with E-state index in [9.17, 15) is 14.4 Å². The minimum atomic E-state index is -0.548. The van der Waals surface area contributed by atoms with Crippen LogP contribution in [0.3, 0.4) is 0 Å². The van der Waals surface area contributed by atoms with Crippen LogP contribution >= 0.6 is 11.3 Å². The molecule has 31 heavy (non-hydrogen) atoms. The van der Waals surface area contributed by atoms with Gasteiger partial charge in [-0.15, -0.1) is 0 Å². The van der Waals surface area contributed by atoms with Crippen molar-refractivity contribution >= 4 is 34.4 Å². The first kappa shape index (κ1) is 21.4. The zero-order valence-electron chi connectivity index (χ0n) is 17.8. The number of ether oxygens (including phenoxy) is 1. The zero-order valence-corrected chi connectivity index (χ0v) is 18.7. The molecule has 0 saturated carbocycles. The molecule has 4 rings (SSSR count). The fraction of sp³-hybridized carbons (Fsp3) is 0.524. The monoisotopic (exact) mass is 446 g/mol. The van der Waals surface area contributed by atoms with E-state index in [4.69, 9.17) is 9.15 Å². The Morgan fingerprint density at radius 3 is 2.90 bits per heavy atom. The second-order valence-corrected chi connectivity index (χ2v) is 9.87. The SMILES string of the molecule is CC(C)(C)OC(=O)N1CCc2nc(NC(=O)C3CC(=O)N(Cc4ccco4)C3)sc2C1. The normalized spacial score (nSPS) is 18.8. The minimum Gasteiger partial charge on any atom is -0.467 e. The van der Waals surface area contributed by atoms with Crippen molar-refractivity contribution in [2.75, 3.05) is 18.4 Å². The number of amides is 3. The van der Waals surface area contributed by atoms with Gasteiger partial charge in [-0.3, -0.25) is 9.59 Å². The van der Waals surface area contributed by atoms with Crippen LogP contribution in [0.15, 0.2) is 22.8 Å². The van der Waals surface area contributed by atoms with E-state index < -0.39 is 11.5 Å². The molecule has 2 aliphatic heterocycles. The average molecular weight is 447 g/mol. The highest BCUT2D eigenvalue weighted by atomic mass is 32.1. The lowest BCUT2D eigenvalue weighted by Crippen LogP contribution is -2.39. The van der Waals surface area contributed by atoms with Gasteiger partial charge in [-0.05, 0) is 32.9 Å². The summed E-state index contributed by atoms with van der Waals surface area (Å²) in [5.41, 5.74) is 0.343. The van der Waals surface area contributed by atoms with E-state index in [1.807, 2.05) is 20.8 Å². The highest BCUT2D eigenvalue weighted by Gasteiger charge is 2.35. The van der Waals surface area contributed by atoms with Crippen molar-refractivity contribution in [3.63, 3.8) is 0 Å². The van der Waals surface area contributed by atoms with Crippen LogP contribution in [0.2, 0.25) is 0 Å². The molecule has 166 valence electrons. The molecule has 3 amide bonds. The van der Waals surface area contributed by atoms with Gasteiger partial charge in [-0.25, -0.2) is 9.78 Å². The largest absolute Gasteiger partial charge is 0.467 e. The molecule has 1 saturated heterocycles. The van der Waals surface area contributed by atoms with E-state index in [1.165, 1.54) is 11.3 Å². The molecule has 4 heterocycles. The van der Waals surface area contributed by atoms with Gasteiger partial charge in [0.15, 0.2) is 5.13 Å². The van der Waals surface area contributed by atoms with Gasteiger partial charge in [-0.2, -0.15) is 0 Å². The van der Waals surface area contributed by atoms with Crippen molar-refractivity contribution < 1.29 is 23.5 Å². The summed E-state index contributed by atoms with van der Waals surface area (Å²) in [6.07, 6.45) is 2.00. The van der Waals surface area contributed by atoms with Gasteiger partial charge < -0.3 is 24.3 Å². The Balaban J connectivity index is 1.34. The molecule has 1 unspecified atom stereocenters. The maximum absolute atomic E-state index is 12.7. The van der Waals surface area contributed by atoms with E-state index in [-0.39, 0.29) is 24.3 Å². The highest BCUT2D eigenvalue weighted by molar-refractivity contribution is 7.15. The van der Waals surface area contributed by atoms with Crippen LogP contribution in [0.25, 0.3) is 0 Å². The number of carbonyl (C=O) groups excluding carboxylic acids is 3. The third-order valence-electron chi connectivity index (χ3n) is 5.13. The quantitative estimate of drug-likeness (QED) is 0.774. The molecule has 10 heteroatoms. The first-order valence-electron chi connectivity index (χ1n) is 10.3. The predicted molar refractivity (Wildman–Crippen MR) is 113 cm³/mol. The van der Waals surface area contributed by atoms with Crippen LogP contribution in [0.1, 0.15) is 43.5 Å². The van der Waals surface area contributed by atoms with Crippen molar-refractivity contribution in [2.45, 2.75) is 52.3 Å². The van der Waals surface area contributed by atoms with Crippen LogP contribution in [-0.2, 0) is 33.8 Å². The van der Waals surface area contributed by atoms with Crippen molar-refractivity contribution in [1.29, 1.82) is 0 Å². The van der Waals surface area contributed by atoms with E-state index in [2.05, 4.69) is 10.3 Å². The summed E-state index contributed by atoms with van der Waals surface area (Å²) in [6.45, 7) is 7.16. The van der Waals surface area contributed by atoms with Gasteiger partial charge >= 0.3 is 6.09 Å². The fourth-order valence-electron chi connectivity index (χ4n) is 3.63. The molecule has 2 aromatic heterocycles. The third kappa shape index (κ3) is 5.07. The van der Waals surface area contributed by atoms with E-state index >= 15 is 0 Å². The van der Waals surface area contributed by atoms with Crippen molar-refractivity contribution in [2.24, 2.45) is 5.92 Å². The lowest BCUT2D eigenvalue weighted by atomic mass is 10.1.